The van der Waals surface area contributed by atoms with Crippen LogP contribution < -0.4 is 10.2 Å². The molecule has 0 saturated carbocycles. The van der Waals surface area contributed by atoms with Crippen LogP contribution in [0.4, 0.5) is 0 Å². The predicted octanol–water partition coefficient (Wildman–Crippen LogP) is 1.46. The van der Waals surface area contributed by atoms with Crippen molar-refractivity contribution in [2.45, 2.75) is 51.4 Å². The Bertz CT molecular complexity index is 517. The molecule has 2 aliphatic rings. The molecule has 0 aliphatic carbocycles. The van der Waals surface area contributed by atoms with Crippen molar-refractivity contribution in [2.24, 2.45) is 0 Å². The monoisotopic (exact) mass is 304 g/mol. The van der Waals surface area contributed by atoms with E-state index in [1.54, 1.807) is 6.20 Å². The molecule has 0 bridgehead atoms. The lowest BCUT2D eigenvalue weighted by Crippen LogP contribution is -2.41. The van der Waals surface area contributed by atoms with Gasteiger partial charge in [-0.3, -0.25) is 0 Å². The molecule has 2 fully saturated rings. The second kappa shape index (κ2) is 5.51. The Morgan fingerprint density at radius 1 is 1.23 bits per heavy atom. The zero-order valence-corrected chi connectivity index (χ0v) is 14.1. The summed E-state index contributed by atoms with van der Waals surface area (Å²) in [6.45, 7) is 10.2. The number of ether oxygens (including phenoxy) is 1. The third-order valence-corrected chi connectivity index (χ3v) is 4.92. The van der Waals surface area contributed by atoms with Gasteiger partial charge in [0.25, 0.3) is 0 Å². The maximum atomic E-state index is 6.03. The van der Waals surface area contributed by atoms with Crippen molar-refractivity contribution in [2.75, 3.05) is 20.1 Å². The lowest BCUT2D eigenvalue weighted by atomic mass is 9.80. The van der Waals surface area contributed by atoms with Gasteiger partial charge in [0.05, 0.1) is 11.2 Å². The molecule has 0 radical (unpaired) electrons. The van der Waals surface area contributed by atoms with Crippen LogP contribution in [-0.2, 0) is 9.31 Å². The van der Waals surface area contributed by atoms with E-state index in [4.69, 9.17) is 14.0 Å². The molecule has 22 heavy (non-hydrogen) atoms. The molecule has 0 spiro atoms. The number of likely N-dealkylation sites (tertiary alicyclic amines) is 1. The minimum Gasteiger partial charge on any atom is -0.473 e. The number of likely N-dealkylation sites (N-methyl/N-ethyl adjacent to an activating group) is 1. The molecule has 6 heteroatoms. The minimum absolute atomic E-state index is 0.236. The molecular weight excluding hydrogens is 279 g/mol. The van der Waals surface area contributed by atoms with Gasteiger partial charge in [0.15, 0.2) is 0 Å². The Balaban J connectivity index is 1.65. The van der Waals surface area contributed by atoms with Gasteiger partial charge in [-0.15, -0.1) is 0 Å². The third-order valence-electron chi connectivity index (χ3n) is 4.92. The second-order valence-electron chi connectivity index (χ2n) is 7.31. The summed E-state index contributed by atoms with van der Waals surface area (Å²) in [5, 5.41) is 0. The molecule has 5 nitrogen and oxygen atoms in total. The highest BCUT2D eigenvalue weighted by Gasteiger charge is 2.51. The van der Waals surface area contributed by atoms with Crippen LogP contribution in [0.2, 0.25) is 0 Å². The molecular formula is C16H25BN2O3. The summed E-state index contributed by atoms with van der Waals surface area (Å²) in [6, 6.07) is 3.88. The van der Waals surface area contributed by atoms with E-state index >= 15 is 0 Å². The third kappa shape index (κ3) is 3.00. The van der Waals surface area contributed by atoms with Gasteiger partial charge < -0.3 is 18.9 Å². The number of aromatic nitrogens is 1. The standard InChI is InChI=1S/C16H25BN2O3/c1-15(2)16(3,4)22-17(21-15)12-6-7-14(18-10-12)20-13-8-9-19(5)11-13/h6-7,10,13H,8-9,11H2,1-5H3/t13-/m0/s1. The van der Waals surface area contributed by atoms with Gasteiger partial charge in [-0.05, 0) is 47.2 Å². The fraction of sp³-hybridized carbons (Fsp3) is 0.688. The van der Waals surface area contributed by atoms with Crippen LogP contribution in [0.1, 0.15) is 34.1 Å². The molecule has 0 aromatic carbocycles. The summed E-state index contributed by atoms with van der Waals surface area (Å²) in [7, 11) is 1.74. The van der Waals surface area contributed by atoms with Crippen molar-refractivity contribution in [3.63, 3.8) is 0 Å². The van der Waals surface area contributed by atoms with Crippen LogP contribution in [-0.4, -0.2) is 54.4 Å². The van der Waals surface area contributed by atoms with Gasteiger partial charge in [0.2, 0.25) is 5.88 Å². The van der Waals surface area contributed by atoms with Crippen molar-refractivity contribution in [1.82, 2.24) is 9.88 Å². The molecule has 120 valence electrons. The molecule has 2 saturated heterocycles. The number of nitrogens with zero attached hydrogens (tertiary/aromatic N) is 2. The van der Waals surface area contributed by atoms with Crippen molar-refractivity contribution in [3.8, 4) is 5.88 Å². The van der Waals surface area contributed by atoms with E-state index in [0.29, 0.717) is 5.88 Å². The van der Waals surface area contributed by atoms with E-state index in [9.17, 15) is 0 Å². The van der Waals surface area contributed by atoms with Gasteiger partial charge in [0.1, 0.15) is 6.10 Å². The Morgan fingerprint density at radius 2 is 1.91 bits per heavy atom. The smallest absolute Gasteiger partial charge is 0.473 e. The van der Waals surface area contributed by atoms with E-state index < -0.39 is 0 Å². The molecule has 3 rings (SSSR count). The average molecular weight is 304 g/mol. The number of rotatable bonds is 3. The maximum Gasteiger partial charge on any atom is 0.496 e. The first-order valence-corrected chi connectivity index (χ1v) is 7.94. The Hall–Kier alpha value is -1.11. The normalized spacial score (nSPS) is 27.3. The summed E-state index contributed by atoms with van der Waals surface area (Å²) in [4.78, 5) is 6.67. The van der Waals surface area contributed by atoms with Crippen molar-refractivity contribution < 1.29 is 14.0 Å². The van der Waals surface area contributed by atoms with Crippen LogP contribution in [0.25, 0.3) is 0 Å². The zero-order chi connectivity index (χ0) is 16.0. The van der Waals surface area contributed by atoms with E-state index in [1.165, 1.54) is 0 Å². The highest BCUT2D eigenvalue weighted by Crippen LogP contribution is 2.36. The summed E-state index contributed by atoms with van der Waals surface area (Å²) in [5.74, 6) is 0.667. The Morgan fingerprint density at radius 3 is 2.41 bits per heavy atom. The molecule has 0 N–H and O–H groups in total. The maximum absolute atomic E-state index is 6.03. The first-order chi connectivity index (χ1) is 10.3. The summed E-state index contributed by atoms with van der Waals surface area (Å²) in [6.07, 6.45) is 3.08. The Labute approximate surface area is 133 Å². The SMILES string of the molecule is CN1CC[C@H](Oc2ccc(B3OC(C)(C)C(C)(C)O3)cn2)C1. The summed E-state index contributed by atoms with van der Waals surface area (Å²) < 4.78 is 18.0. The van der Waals surface area contributed by atoms with Crippen molar-refractivity contribution in [3.05, 3.63) is 18.3 Å². The van der Waals surface area contributed by atoms with Crippen LogP contribution >= 0.6 is 0 Å². The molecule has 1 aromatic rings. The van der Waals surface area contributed by atoms with E-state index in [2.05, 4.69) is 44.6 Å². The van der Waals surface area contributed by atoms with Crippen LogP contribution in [0, 0.1) is 0 Å². The highest BCUT2D eigenvalue weighted by atomic mass is 16.7. The first kappa shape index (κ1) is 15.8. The molecule has 3 heterocycles. The molecule has 0 amide bonds. The molecule has 2 aliphatic heterocycles. The van der Waals surface area contributed by atoms with Gasteiger partial charge in [-0.1, -0.05) is 6.07 Å². The van der Waals surface area contributed by atoms with Crippen molar-refractivity contribution >= 4 is 12.6 Å². The molecule has 1 aromatic heterocycles. The average Bonchev–Trinajstić information content (AvgIpc) is 2.92. The van der Waals surface area contributed by atoms with Gasteiger partial charge in [-0.25, -0.2) is 4.98 Å². The summed E-state index contributed by atoms with van der Waals surface area (Å²) >= 11 is 0. The lowest BCUT2D eigenvalue weighted by molar-refractivity contribution is 0.00578. The predicted molar refractivity (Wildman–Crippen MR) is 86.5 cm³/mol. The zero-order valence-electron chi connectivity index (χ0n) is 14.1. The van der Waals surface area contributed by atoms with Crippen LogP contribution in [0.5, 0.6) is 5.88 Å². The van der Waals surface area contributed by atoms with Gasteiger partial charge >= 0.3 is 7.12 Å². The highest BCUT2D eigenvalue weighted by molar-refractivity contribution is 6.62. The van der Waals surface area contributed by atoms with Crippen LogP contribution in [0.3, 0.4) is 0 Å². The first-order valence-electron chi connectivity index (χ1n) is 7.94. The summed E-state index contributed by atoms with van der Waals surface area (Å²) in [5.41, 5.74) is 0.261. The van der Waals surface area contributed by atoms with E-state index in [0.717, 1.165) is 25.0 Å². The lowest BCUT2D eigenvalue weighted by Gasteiger charge is -2.32. The fourth-order valence-corrected chi connectivity index (χ4v) is 2.74. The van der Waals surface area contributed by atoms with Gasteiger partial charge in [-0.2, -0.15) is 0 Å². The number of pyridine rings is 1. The van der Waals surface area contributed by atoms with E-state index in [1.807, 2.05) is 12.1 Å². The molecule has 0 unspecified atom stereocenters. The van der Waals surface area contributed by atoms with Crippen molar-refractivity contribution in [1.29, 1.82) is 0 Å². The molecule has 1 atom stereocenters. The Kier molecular flexibility index (Phi) is 3.95. The van der Waals surface area contributed by atoms with Gasteiger partial charge in [0, 0.05) is 24.7 Å². The number of hydrogen-bond acceptors (Lipinski definition) is 5. The van der Waals surface area contributed by atoms with E-state index in [-0.39, 0.29) is 24.4 Å². The minimum atomic E-state index is -0.371. The quantitative estimate of drug-likeness (QED) is 0.791. The fourth-order valence-electron chi connectivity index (χ4n) is 2.74. The largest absolute Gasteiger partial charge is 0.496 e. The van der Waals surface area contributed by atoms with Crippen LogP contribution in [0.15, 0.2) is 18.3 Å². The topological polar surface area (TPSA) is 43.8 Å². The number of hydrogen-bond donors (Lipinski definition) is 0. The second-order valence-corrected chi connectivity index (χ2v) is 7.31.